The van der Waals surface area contributed by atoms with Crippen LogP contribution in [-0.4, -0.2) is 18.6 Å². The Morgan fingerprint density at radius 3 is 2.50 bits per heavy atom. The van der Waals surface area contributed by atoms with Crippen LogP contribution < -0.4 is 61.6 Å². The van der Waals surface area contributed by atoms with E-state index in [2.05, 4.69) is 4.98 Å². The molecule has 0 aromatic carbocycles. The number of aromatic nitrogens is 1. The molecule has 0 aliphatic carbocycles. The van der Waals surface area contributed by atoms with Crippen LogP contribution >= 0.6 is 0 Å². The SMILES string of the molecule is CCOc1cncc([B-](F)(F)F)c1.[K+]. The van der Waals surface area contributed by atoms with Crippen LogP contribution in [0, 0.1) is 0 Å². The minimum absolute atomic E-state index is 0. The van der Waals surface area contributed by atoms with Crippen molar-refractivity contribution in [3.05, 3.63) is 18.5 Å². The van der Waals surface area contributed by atoms with E-state index in [1.165, 1.54) is 6.20 Å². The third-order valence-electron chi connectivity index (χ3n) is 1.42. The molecular formula is C7H8BF3KNO. The molecule has 0 saturated heterocycles. The predicted molar refractivity (Wildman–Crippen MR) is 44.1 cm³/mol. The first-order valence-corrected chi connectivity index (χ1v) is 3.81. The molecule has 0 fully saturated rings. The molecule has 1 aromatic heterocycles. The van der Waals surface area contributed by atoms with E-state index in [0.29, 0.717) is 6.61 Å². The maximum atomic E-state index is 12.2. The van der Waals surface area contributed by atoms with Gasteiger partial charge in [-0.2, -0.15) is 0 Å². The number of pyridine rings is 1. The molecule has 1 rings (SSSR count). The molecule has 0 aliphatic heterocycles. The largest absolute Gasteiger partial charge is 1.00 e. The van der Waals surface area contributed by atoms with E-state index in [0.717, 1.165) is 12.3 Å². The van der Waals surface area contributed by atoms with Crippen molar-refractivity contribution in [2.45, 2.75) is 6.92 Å². The van der Waals surface area contributed by atoms with E-state index in [1.807, 2.05) is 0 Å². The molecule has 0 spiro atoms. The van der Waals surface area contributed by atoms with Crippen LogP contribution in [0.5, 0.6) is 5.75 Å². The van der Waals surface area contributed by atoms with Crippen molar-refractivity contribution in [3.63, 3.8) is 0 Å². The Balaban J connectivity index is 0.00000169. The van der Waals surface area contributed by atoms with E-state index >= 15 is 0 Å². The number of ether oxygens (including phenoxy) is 1. The number of halogens is 3. The van der Waals surface area contributed by atoms with Crippen LogP contribution in [0.4, 0.5) is 12.9 Å². The topological polar surface area (TPSA) is 22.1 Å². The van der Waals surface area contributed by atoms with Crippen LogP contribution in [0.15, 0.2) is 18.5 Å². The van der Waals surface area contributed by atoms with E-state index < -0.39 is 12.4 Å². The molecule has 1 aromatic rings. The smallest absolute Gasteiger partial charge is 0.492 e. The summed E-state index contributed by atoms with van der Waals surface area (Å²) in [4.78, 5) is 3.44. The Hall–Kier alpha value is 0.441. The molecule has 0 amide bonds. The fraction of sp³-hybridized carbons (Fsp3) is 0.286. The van der Waals surface area contributed by atoms with Crippen molar-refractivity contribution >= 4 is 12.4 Å². The van der Waals surface area contributed by atoms with Crippen LogP contribution in [0.3, 0.4) is 0 Å². The van der Waals surface area contributed by atoms with Gasteiger partial charge < -0.3 is 17.7 Å². The molecule has 0 unspecified atom stereocenters. The molecule has 72 valence electrons. The van der Waals surface area contributed by atoms with Gasteiger partial charge in [0.25, 0.3) is 0 Å². The second-order valence-corrected chi connectivity index (χ2v) is 2.46. The first-order valence-electron chi connectivity index (χ1n) is 3.81. The molecule has 2 nitrogen and oxygen atoms in total. The first kappa shape index (κ1) is 14.4. The zero-order valence-corrected chi connectivity index (χ0v) is 11.1. The van der Waals surface area contributed by atoms with Gasteiger partial charge in [0.05, 0.1) is 12.8 Å². The molecule has 0 radical (unpaired) electrons. The average molecular weight is 229 g/mol. The molecule has 0 N–H and O–H groups in total. The minimum atomic E-state index is -4.98. The Morgan fingerprint density at radius 2 is 2.00 bits per heavy atom. The fourth-order valence-electron chi connectivity index (χ4n) is 0.860. The third kappa shape index (κ3) is 4.31. The molecule has 0 atom stereocenters. The molecule has 0 aliphatic rings. The van der Waals surface area contributed by atoms with Gasteiger partial charge in [0.2, 0.25) is 0 Å². The van der Waals surface area contributed by atoms with Gasteiger partial charge in [0.15, 0.2) is 0 Å². The van der Waals surface area contributed by atoms with Crippen molar-refractivity contribution in [1.82, 2.24) is 4.98 Å². The third-order valence-corrected chi connectivity index (χ3v) is 1.42. The summed E-state index contributed by atoms with van der Waals surface area (Å²) in [6.45, 7) is -2.95. The first-order chi connectivity index (χ1) is 6.04. The Labute approximate surface area is 123 Å². The summed E-state index contributed by atoms with van der Waals surface area (Å²) < 4.78 is 41.4. The minimum Gasteiger partial charge on any atom is -0.492 e. The Morgan fingerprint density at radius 1 is 1.36 bits per heavy atom. The summed E-state index contributed by atoms with van der Waals surface area (Å²) in [6.07, 6.45) is 2.05. The van der Waals surface area contributed by atoms with Crippen LogP contribution in [0.2, 0.25) is 0 Å². The molecule has 1 heterocycles. The van der Waals surface area contributed by atoms with Crippen molar-refractivity contribution in [2.24, 2.45) is 0 Å². The van der Waals surface area contributed by atoms with Crippen LogP contribution in [0.25, 0.3) is 0 Å². The normalized spacial score (nSPS) is 10.6. The molecule has 14 heavy (non-hydrogen) atoms. The summed E-state index contributed by atoms with van der Waals surface area (Å²) in [6, 6.07) is 0.955. The average Bonchev–Trinajstić information content (AvgIpc) is 2.04. The van der Waals surface area contributed by atoms with Gasteiger partial charge in [0.1, 0.15) is 5.75 Å². The van der Waals surface area contributed by atoms with Gasteiger partial charge >= 0.3 is 58.4 Å². The summed E-state index contributed by atoms with van der Waals surface area (Å²) in [5.74, 6) is 0.152. The predicted octanol–water partition coefficient (Wildman–Crippen LogP) is -1.46. The number of hydrogen-bond donors (Lipinski definition) is 0. The summed E-state index contributed by atoms with van der Waals surface area (Å²) in [7, 11) is 0. The second-order valence-electron chi connectivity index (χ2n) is 2.46. The van der Waals surface area contributed by atoms with Crippen molar-refractivity contribution < 1.29 is 69.1 Å². The standard InChI is InChI=1S/C7H8BF3NO.K/c1-2-13-7-3-6(4-12-5-7)8(9,10)11;/h3-5H,2H2,1H3;/q-1;+1. The zero-order chi connectivity index (χ0) is 9.90. The monoisotopic (exact) mass is 229 g/mol. The van der Waals surface area contributed by atoms with E-state index in [4.69, 9.17) is 4.74 Å². The quantitative estimate of drug-likeness (QED) is 0.591. The molecule has 7 heteroatoms. The van der Waals surface area contributed by atoms with Gasteiger partial charge in [-0.05, 0) is 13.0 Å². The van der Waals surface area contributed by atoms with Crippen molar-refractivity contribution in [3.8, 4) is 5.75 Å². The van der Waals surface area contributed by atoms with Crippen LogP contribution in [0.1, 0.15) is 6.92 Å². The van der Waals surface area contributed by atoms with Crippen molar-refractivity contribution in [2.75, 3.05) is 6.61 Å². The van der Waals surface area contributed by atoms with Gasteiger partial charge in [-0.25, -0.2) is 0 Å². The van der Waals surface area contributed by atoms with E-state index in [-0.39, 0.29) is 57.1 Å². The van der Waals surface area contributed by atoms with Gasteiger partial charge in [-0.3, -0.25) is 4.98 Å². The Bertz CT molecular complexity index is 295. The van der Waals surface area contributed by atoms with Crippen LogP contribution in [-0.2, 0) is 0 Å². The zero-order valence-electron chi connectivity index (χ0n) is 8.01. The number of nitrogens with zero attached hydrogens (tertiary/aromatic N) is 1. The van der Waals surface area contributed by atoms with Gasteiger partial charge in [-0.1, -0.05) is 5.46 Å². The molecular weight excluding hydrogens is 221 g/mol. The number of rotatable bonds is 3. The van der Waals surface area contributed by atoms with Gasteiger partial charge in [0, 0.05) is 6.20 Å². The van der Waals surface area contributed by atoms with Crippen molar-refractivity contribution in [1.29, 1.82) is 0 Å². The summed E-state index contributed by atoms with van der Waals surface area (Å²) in [5.41, 5.74) is -0.731. The Kier molecular flexibility index (Phi) is 6.31. The van der Waals surface area contributed by atoms with E-state index in [9.17, 15) is 12.9 Å². The fourth-order valence-corrected chi connectivity index (χ4v) is 0.860. The number of hydrogen-bond acceptors (Lipinski definition) is 2. The maximum Gasteiger partial charge on any atom is 1.00 e. The van der Waals surface area contributed by atoms with E-state index in [1.54, 1.807) is 6.92 Å². The van der Waals surface area contributed by atoms with Gasteiger partial charge in [-0.15, -0.1) is 0 Å². The second kappa shape index (κ2) is 6.12. The summed E-state index contributed by atoms with van der Waals surface area (Å²) in [5, 5.41) is 0. The molecule has 0 bridgehead atoms. The summed E-state index contributed by atoms with van der Waals surface area (Å²) >= 11 is 0. The molecule has 0 saturated carbocycles. The maximum absolute atomic E-state index is 12.2.